The summed E-state index contributed by atoms with van der Waals surface area (Å²) in [4.78, 5) is 0. The molecule has 0 saturated carbocycles. The summed E-state index contributed by atoms with van der Waals surface area (Å²) in [7, 11) is 0. The highest BCUT2D eigenvalue weighted by molar-refractivity contribution is 5.33. The fourth-order valence-electron chi connectivity index (χ4n) is 2.68. The summed E-state index contributed by atoms with van der Waals surface area (Å²) < 4.78 is 2.00. The lowest BCUT2D eigenvalue weighted by Gasteiger charge is -2.11. The predicted molar refractivity (Wildman–Crippen MR) is 72.6 cm³/mol. The van der Waals surface area contributed by atoms with Gasteiger partial charge in [0, 0.05) is 18.8 Å². The van der Waals surface area contributed by atoms with E-state index in [9.17, 15) is 0 Å². The zero-order valence-electron chi connectivity index (χ0n) is 10.8. The van der Waals surface area contributed by atoms with Gasteiger partial charge in [0.2, 0.25) is 0 Å². The molecule has 0 atom stereocenters. The van der Waals surface area contributed by atoms with E-state index in [-0.39, 0.29) is 0 Å². The third-order valence-electron chi connectivity index (χ3n) is 3.59. The Labute approximate surface area is 108 Å². The highest BCUT2D eigenvalue weighted by Gasteiger charge is 2.19. The van der Waals surface area contributed by atoms with Crippen molar-refractivity contribution in [3.8, 4) is 0 Å². The Kier molecular flexibility index (Phi) is 3.15. The van der Waals surface area contributed by atoms with Gasteiger partial charge in [-0.05, 0) is 36.5 Å². The van der Waals surface area contributed by atoms with Gasteiger partial charge in [-0.25, -0.2) is 0 Å². The third kappa shape index (κ3) is 2.46. The van der Waals surface area contributed by atoms with Crippen LogP contribution in [-0.4, -0.2) is 22.4 Å². The van der Waals surface area contributed by atoms with Crippen LogP contribution in [0.3, 0.4) is 0 Å². The van der Waals surface area contributed by atoms with Gasteiger partial charge in [0.1, 0.15) is 0 Å². The molecular formula is C15H19N3. The van der Waals surface area contributed by atoms with Gasteiger partial charge in [-0.2, -0.15) is 5.10 Å². The Morgan fingerprint density at radius 1 is 1.28 bits per heavy atom. The topological polar surface area (TPSA) is 29.9 Å². The second kappa shape index (κ2) is 4.94. The van der Waals surface area contributed by atoms with Crippen LogP contribution < -0.4 is 5.32 Å². The number of rotatable bonds is 4. The Morgan fingerprint density at radius 3 is 2.61 bits per heavy atom. The van der Waals surface area contributed by atoms with E-state index in [4.69, 9.17) is 0 Å². The molecule has 0 bridgehead atoms. The van der Waals surface area contributed by atoms with Gasteiger partial charge in [-0.15, -0.1) is 0 Å². The van der Waals surface area contributed by atoms with Crippen LogP contribution in [0.25, 0.3) is 0 Å². The summed E-state index contributed by atoms with van der Waals surface area (Å²) in [5.41, 5.74) is 4.23. The molecule has 1 N–H and O–H groups in total. The first-order chi connectivity index (χ1) is 8.81. The van der Waals surface area contributed by atoms with Crippen molar-refractivity contribution in [1.82, 2.24) is 15.1 Å². The number of nitrogens with one attached hydrogen (secondary N) is 1. The first-order valence-electron chi connectivity index (χ1n) is 6.60. The second-order valence-electron chi connectivity index (χ2n) is 5.11. The molecule has 0 radical (unpaired) electrons. The van der Waals surface area contributed by atoms with Crippen molar-refractivity contribution < 1.29 is 0 Å². The zero-order valence-corrected chi connectivity index (χ0v) is 10.8. The molecule has 0 aliphatic heterocycles. The second-order valence-corrected chi connectivity index (χ2v) is 5.11. The number of nitrogens with zero attached hydrogens (tertiary/aromatic N) is 2. The lowest BCUT2D eigenvalue weighted by molar-refractivity contribution is 0.486. The molecule has 3 rings (SSSR count). The normalized spacial score (nSPS) is 14.9. The molecule has 18 heavy (non-hydrogen) atoms. The van der Waals surface area contributed by atoms with Gasteiger partial charge in [0.15, 0.2) is 0 Å². The smallest absolute Gasteiger partial charge is 0.0534 e. The third-order valence-corrected chi connectivity index (χ3v) is 3.59. The monoisotopic (exact) mass is 241 g/mol. The van der Waals surface area contributed by atoms with Crippen LogP contribution in [0.1, 0.15) is 16.7 Å². The molecule has 0 amide bonds. The molecule has 2 aromatic rings. The van der Waals surface area contributed by atoms with E-state index in [1.165, 1.54) is 16.7 Å². The molecule has 1 heterocycles. The van der Waals surface area contributed by atoms with Crippen molar-refractivity contribution in [1.29, 1.82) is 0 Å². The maximum absolute atomic E-state index is 4.30. The van der Waals surface area contributed by atoms with Crippen LogP contribution in [-0.2, 0) is 19.4 Å². The number of benzene rings is 1. The van der Waals surface area contributed by atoms with E-state index in [0.717, 1.165) is 25.9 Å². The van der Waals surface area contributed by atoms with E-state index >= 15 is 0 Å². The zero-order chi connectivity index (χ0) is 12.4. The van der Waals surface area contributed by atoms with E-state index in [2.05, 4.69) is 47.8 Å². The molecular weight excluding hydrogens is 222 g/mol. The summed E-state index contributed by atoms with van der Waals surface area (Å²) >= 11 is 0. The predicted octanol–water partition coefficient (Wildman–Crippen LogP) is 1.95. The van der Waals surface area contributed by atoms with Crippen LogP contribution in [0.2, 0.25) is 0 Å². The van der Waals surface area contributed by atoms with Crippen molar-refractivity contribution in [2.24, 2.45) is 0 Å². The van der Waals surface area contributed by atoms with Crippen LogP contribution in [0.5, 0.6) is 0 Å². The Morgan fingerprint density at radius 2 is 2.00 bits per heavy atom. The largest absolute Gasteiger partial charge is 0.311 e. The van der Waals surface area contributed by atoms with Crippen molar-refractivity contribution >= 4 is 0 Å². The number of aromatic nitrogens is 2. The molecule has 1 aromatic carbocycles. The van der Waals surface area contributed by atoms with Crippen LogP contribution in [0.4, 0.5) is 0 Å². The lowest BCUT2D eigenvalue weighted by Crippen LogP contribution is -2.32. The van der Waals surface area contributed by atoms with Gasteiger partial charge < -0.3 is 5.32 Å². The number of hydrogen-bond donors (Lipinski definition) is 1. The molecule has 0 saturated heterocycles. The number of fused-ring (bicyclic) bond motifs is 1. The van der Waals surface area contributed by atoms with Crippen molar-refractivity contribution in [2.75, 3.05) is 6.54 Å². The van der Waals surface area contributed by atoms with Gasteiger partial charge in [0.25, 0.3) is 0 Å². The molecule has 1 aromatic heterocycles. The first-order valence-corrected chi connectivity index (χ1v) is 6.60. The molecule has 0 spiro atoms. The highest BCUT2D eigenvalue weighted by Crippen LogP contribution is 2.21. The fraction of sp³-hybridized carbons (Fsp3) is 0.400. The fourth-order valence-corrected chi connectivity index (χ4v) is 2.68. The molecule has 94 valence electrons. The van der Waals surface area contributed by atoms with Crippen molar-refractivity contribution in [3.63, 3.8) is 0 Å². The van der Waals surface area contributed by atoms with Crippen LogP contribution >= 0.6 is 0 Å². The summed E-state index contributed by atoms with van der Waals surface area (Å²) in [6.07, 6.45) is 6.32. The summed E-state index contributed by atoms with van der Waals surface area (Å²) in [6.45, 7) is 4.00. The molecule has 1 aliphatic rings. The maximum atomic E-state index is 4.30. The Balaban J connectivity index is 1.48. The molecule has 3 heteroatoms. The summed E-state index contributed by atoms with van der Waals surface area (Å²) in [5.74, 6) is 0. The van der Waals surface area contributed by atoms with Crippen molar-refractivity contribution in [2.45, 2.75) is 32.4 Å². The van der Waals surface area contributed by atoms with E-state index in [1.54, 1.807) is 0 Å². The standard InChI is InChI=1S/C15H19N3/c1-12-10-17-18(11-12)7-6-16-15-8-13-4-2-3-5-14(13)9-15/h2-5,10-11,15-16H,6-9H2,1H3. The minimum atomic E-state index is 0.596. The Bertz CT molecular complexity index is 505. The van der Waals surface area contributed by atoms with E-state index in [0.29, 0.717) is 6.04 Å². The van der Waals surface area contributed by atoms with E-state index < -0.39 is 0 Å². The van der Waals surface area contributed by atoms with Gasteiger partial charge in [0.05, 0.1) is 12.7 Å². The highest BCUT2D eigenvalue weighted by atomic mass is 15.3. The van der Waals surface area contributed by atoms with E-state index in [1.807, 2.05) is 10.9 Å². The first kappa shape index (κ1) is 11.5. The van der Waals surface area contributed by atoms with Crippen molar-refractivity contribution in [3.05, 3.63) is 53.3 Å². The molecule has 1 aliphatic carbocycles. The van der Waals surface area contributed by atoms with Gasteiger partial charge in [-0.1, -0.05) is 24.3 Å². The van der Waals surface area contributed by atoms with Gasteiger partial charge in [-0.3, -0.25) is 4.68 Å². The minimum absolute atomic E-state index is 0.596. The van der Waals surface area contributed by atoms with Gasteiger partial charge >= 0.3 is 0 Å². The lowest BCUT2D eigenvalue weighted by atomic mass is 10.1. The summed E-state index contributed by atoms with van der Waals surface area (Å²) in [6, 6.07) is 9.35. The molecule has 0 fully saturated rings. The molecule has 3 nitrogen and oxygen atoms in total. The Hall–Kier alpha value is -1.61. The van der Waals surface area contributed by atoms with Crippen LogP contribution in [0.15, 0.2) is 36.7 Å². The summed E-state index contributed by atoms with van der Waals surface area (Å²) in [5, 5.41) is 7.92. The quantitative estimate of drug-likeness (QED) is 0.886. The molecule has 0 unspecified atom stereocenters. The van der Waals surface area contributed by atoms with Crippen LogP contribution in [0, 0.1) is 6.92 Å². The SMILES string of the molecule is Cc1cnn(CCNC2Cc3ccccc3C2)c1. The maximum Gasteiger partial charge on any atom is 0.0534 e. The minimum Gasteiger partial charge on any atom is -0.311 e. The number of aryl methyl sites for hydroxylation is 1. The number of hydrogen-bond acceptors (Lipinski definition) is 2. The average Bonchev–Trinajstić information content (AvgIpc) is 2.95. The average molecular weight is 241 g/mol.